The van der Waals surface area contributed by atoms with Crippen LogP contribution in [0, 0.1) is 12.8 Å². The van der Waals surface area contributed by atoms with Crippen LogP contribution in [0.5, 0.6) is 0 Å². The van der Waals surface area contributed by atoms with E-state index in [2.05, 4.69) is 25.2 Å². The Bertz CT molecular complexity index is 356. The van der Waals surface area contributed by atoms with E-state index in [1.165, 1.54) is 36.9 Å². The maximum absolute atomic E-state index is 5.75. The van der Waals surface area contributed by atoms with E-state index in [1.807, 2.05) is 12.1 Å². The van der Waals surface area contributed by atoms with E-state index < -0.39 is 0 Å². The second-order valence-corrected chi connectivity index (χ2v) is 5.00. The highest BCUT2D eigenvalue weighted by Crippen LogP contribution is 2.35. The second kappa shape index (κ2) is 4.77. The summed E-state index contributed by atoms with van der Waals surface area (Å²) >= 11 is 0. The van der Waals surface area contributed by atoms with Crippen molar-refractivity contribution in [3.05, 3.63) is 23.8 Å². The molecule has 1 aliphatic carbocycles. The SMILES string of the molecule is CCC(CC1CC1)Nc1ccc(N)cc1C. The first-order valence-corrected chi connectivity index (χ1v) is 6.31. The fourth-order valence-electron chi connectivity index (χ4n) is 2.15. The highest BCUT2D eigenvalue weighted by atomic mass is 14.9. The lowest BCUT2D eigenvalue weighted by molar-refractivity contribution is 0.586. The van der Waals surface area contributed by atoms with Gasteiger partial charge in [0.2, 0.25) is 0 Å². The first-order valence-electron chi connectivity index (χ1n) is 6.31. The monoisotopic (exact) mass is 218 g/mol. The molecule has 88 valence electrons. The van der Waals surface area contributed by atoms with Crippen LogP contribution in [-0.2, 0) is 0 Å². The summed E-state index contributed by atoms with van der Waals surface area (Å²) in [6.45, 7) is 4.37. The topological polar surface area (TPSA) is 38.0 Å². The predicted octanol–water partition coefficient (Wildman–Crippen LogP) is 3.57. The molecule has 1 aromatic rings. The molecule has 2 nitrogen and oxygen atoms in total. The Hall–Kier alpha value is -1.18. The van der Waals surface area contributed by atoms with Crippen LogP contribution in [0.25, 0.3) is 0 Å². The normalized spacial score (nSPS) is 17.1. The molecule has 1 unspecified atom stereocenters. The van der Waals surface area contributed by atoms with Crippen molar-refractivity contribution < 1.29 is 0 Å². The molecule has 2 heteroatoms. The van der Waals surface area contributed by atoms with Gasteiger partial charge < -0.3 is 11.1 Å². The van der Waals surface area contributed by atoms with Crippen molar-refractivity contribution >= 4 is 11.4 Å². The van der Waals surface area contributed by atoms with Gasteiger partial charge in [-0.25, -0.2) is 0 Å². The molecule has 3 N–H and O–H groups in total. The third kappa shape index (κ3) is 2.91. The largest absolute Gasteiger partial charge is 0.399 e. The Morgan fingerprint density at radius 1 is 1.44 bits per heavy atom. The van der Waals surface area contributed by atoms with Crippen molar-refractivity contribution in [3.63, 3.8) is 0 Å². The van der Waals surface area contributed by atoms with Crippen LogP contribution in [0.4, 0.5) is 11.4 Å². The van der Waals surface area contributed by atoms with E-state index in [4.69, 9.17) is 5.73 Å². The Labute approximate surface area is 98.2 Å². The standard InChI is InChI=1S/C14H22N2/c1-3-13(9-11-4-5-11)16-14-7-6-12(15)8-10(14)2/h6-8,11,13,16H,3-5,9,15H2,1-2H3. The Kier molecular flexibility index (Phi) is 3.37. The van der Waals surface area contributed by atoms with Gasteiger partial charge in [-0.3, -0.25) is 0 Å². The summed E-state index contributed by atoms with van der Waals surface area (Å²) in [6.07, 6.45) is 5.37. The van der Waals surface area contributed by atoms with Gasteiger partial charge in [0.25, 0.3) is 0 Å². The van der Waals surface area contributed by atoms with Gasteiger partial charge in [-0.2, -0.15) is 0 Å². The number of hydrogen-bond acceptors (Lipinski definition) is 2. The van der Waals surface area contributed by atoms with Crippen LogP contribution >= 0.6 is 0 Å². The minimum Gasteiger partial charge on any atom is -0.399 e. The number of benzene rings is 1. The average Bonchev–Trinajstić information content (AvgIpc) is 3.04. The van der Waals surface area contributed by atoms with Crippen LogP contribution in [0.3, 0.4) is 0 Å². The Balaban J connectivity index is 1.99. The lowest BCUT2D eigenvalue weighted by Crippen LogP contribution is -2.19. The average molecular weight is 218 g/mol. The fraction of sp³-hybridized carbons (Fsp3) is 0.571. The molecule has 0 aliphatic heterocycles. The molecule has 1 aromatic carbocycles. The van der Waals surface area contributed by atoms with Crippen LogP contribution < -0.4 is 11.1 Å². The maximum atomic E-state index is 5.75. The van der Waals surface area contributed by atoms with Crippen molar-refractivity contribution in [2.75, 3.05) is 11.1 Å². The molecule has 1 aliphatic rings. The van der Waals surface area contributed by atoms with Crippen LogP contribution in [0.15, 0.2) is 18.2 Å². The van der Waals surface area contributed by atoms with Crippen molar-refractivity contribution in [1.82, 2.24) is 0 Å². The zero-order valence-electron chi connectivity index (χ0n) is 10.3. The van der Waals surface area contributed by atoms with Gasteiger partial charge in [-0.15, -0.1) is 0 Å². The third-order valence-corrected chi connectivity index (χ3v) is 3.42. The maximum Gasteiger partial charge on any atom is 0.0373 e. The molecule has 1 atom stereocenters. The quantitative estimate of drug-likeness (QED) is 0.741. The first kappa shape index (κ1) is 11.3. The molecule has 0 radical (unpaired) electrons. The number of anilines is 2. The molecule has 2 rings (SSSR count). The van der Waals surface area contributed by atoms with Gasteiger partial charge in [-0.1, -0.05) is 19.8 Å². The molecule has 16 heavy (non-hydrogen) atoms. The zero-order valence-corrected chi connectivity index (χ0v) is 10.3. The summed E-state index contributed by atoms with van der Waals surface area (Å²) < 4.78 is 0. The van der Waals surface area contributed by atoms with Crippen LogP contribution in [0.2, 0.25) is 0 Å². The molecule has 0 aromatic heterocycles. The van der Waals surface area contributed by atoms with Crippen LogP contribution in [-0.4, -0.2) is 6.04 Å². The number of nitrogen functional groups attached to an aromatic ring is 1. The minimum atomic E-state index is 0.620. The lowest BCUT2D eigenvalue weighted by atomic mass is 10.1. The highest BCUT2D eigenvalue weighted by molar-refractivity contribution is 5.57. The van der Waals surface area contributed by atoms with E-state index in [-0.39, 0.29) is 0 Å². The van der Waals surface area contributed by atoms with Crippen molar-refractivity contribution in [2.45, 2.75) is 45.6 Å². The molecule has 0 saturated heterocycles. The summed E-state index contributed by atoms with van der Waals surface area (Å²) in [5.41, 5.74) is 9.08. The molecular formula is C14H22N2. The van der Waals surface area contributed by atoms with Gasteiger partial charge in [0, 0.05) is 17.4 Å². The summed E-state index contributed by atoms with van der Waals surface area (Å²) in [5, 5.41) is 3.64. The third-order valence-electron chi connectivity index (χ3n) is 3.42. The molecule has 0 spiro atoms. The first-order chi connectivity index (χ1) is 7.69. The summed E-state index contributed by atoms with van der Waals surface area (Å²) in [6, 6.07) is 6.72. The van der Waals surface area contributed by atoms with E-state index in [0.717, 1.165) is 11.6 Å². The minimum absolute atomic E-state index is 0.620. The molecule has 0 amide bonds. The highest BCUT2D eigenvalue weighted by Gasteiger charge is 2.24. The summed E-state index contributed by atoms with van der Waals surface area (Å²) in [5.74, 6) is 0.978. The van der Waals surface area contributed by atoms with E-state index >= 15 is 0 Å². The predicted molar refractivity (Wildman–Crippen MR) is 70.6 cm³/mol. The van der Waals surface area contributed by atoms with Crippen molar-refractivity contribution in [2.24, 2.45) is 5.92 Å². The number of hydrogen-bond donors (Lipinski definition) is 2. The number of aryl methyl sites for hydroxylation is 1. The fourth-order valence-corrected chi connectivity index (χ4v) is 2.15. The van der Waals surface area contributed by atoms with Gasteiger partial charge in [0.15, 0.2) is 0 Å². The molecule has 0 bridgehead atoms. The molecule has 0 heterocycles. The van der Waals surface area contributed by atoms with Crippen LogP contribution in [0.1, 0.15) is 38.2 Å². The van der Waals surface area contributed by atoms with Gasteiger partial charge in [0.05, 0.1) is 0 Å². The van der Waals surface area contributed by atoms with E-state index in [0.29, 0.717) is 6.04 Å². The second-order valence-electron chi connectivity index (χ2n) is 5.00. The van der Waals surface area contributed by atoms with Crippen molar-refractivity contribution in [3.8, 4) is 0 Å². The molecular weight excluding hydrogens is 196 g/mol. The van der Waals surface area contributed by atoms with Gasteiger partial charge in [0.1, 0.15) is 0 Å². The number of nitrogens with one attached hydrogen (secondary N) is 1. The number of rotatable bonds is 5. The molecule has 1 fully saturated rings. The van der Waals surface area contributed by atoms with Crippen molar-refractivity contribution in [1.29, 1.82) is 0 Å². The van der Waals surface area contributed by atoms with Gasteiger partial charge in [-0.05, 0) is 49.4 Å². The molecule has 1 saturated carbocycles. The lowest BCUT2D eigenvalue weighted by Gasteiger charge is -2.19. The Morgan fingerprint density at radius 3 is 2.75 bits per heavy atom. The van der Waals surface area contributed by atoms with E-state index in [1.54, 1.807) is 0 Å². The smallest absolute Gasteiger partial charge is 0.0373 e. The zero-order chi connectivity index (χ0) is 11.5. The number of nitrogens with two attached hydrogens (primary N) is 1. The van der Waals surface area contributed by atoms with Gasteiger partial charge >= 0.3 is 0 Å². The summed E-state index contributed by atoms with van der Waals surface area (Å²) in [7, 11) is 0. The Morgan fingerprint density at radius 2 is 2.19 bits per heavy atom. The van der Waals surface area contributed by atoms with E-state index in [9.17, 15) is 0 Å². The summed E-state index contributed by atoms with van der Waals surface area (Å²) in [4.78, 5) is 0.